The number of rotatable bonds is 4. The maximum absolute atomic E-state index is 12.4. The fourth-order valence-electron chi connectivity index (χ4n) is 3.07. The lowest BCUT2D eigenvalue weighted by Crippen LogP contribution is -2.34. The highest BCUT2D eigenvalue weighted by Gasteiger charge is 2.20. The number of carbonyl (C=O) groups is 1. The minimum atomic E-state index is -0.193. The van der Waals surface area contributed by atoms with E-state index in [1.165, 1.54) is 5.56 Å². The Kier molecular flexibility index (Phi) is 4.31. The summed E-state index contributed by atoms with van der Waals surface area (Å²) in [5, 5.41) is 19.2. The number of nitrogens with zero attached hydrogens (tertiary/aromatic N) is 1. The van der Waals surface area contributed by atoms with E-state index in [0.717, 1.165) is 17.7 Å². The Morgan fingerprint density at radius 3 is 2.88 bits per heavy atom. The molecule has 0 saturated heterocycles. The lowest BCUT2D eigenvalue weighted by molar-refractivity contribution is 0.0934. The molecule has 0 saturated carbocycles. The zero-order chi connectivity index (χ0) is 17.9. The van der Waals surface area contributed by atoms with Gasteiger partial charge in [-0.15, -0.1) is 0 Å². The van der Waals surface area contributed by atoms with Crippen molar-refractivity contribution in [3.63, 3.8) is 0 Å². The van der Waals surface area contributed by atoms with Gasteiger partial charge in [0.2, 0.25) is 0 Å². The molecule has 0 radical (unpaired) electrons. The second-order valence-electron chi connectivity index (χ2n) is 6.41. The predicted molar refractivity (Wildman–Crippen MR) is 97.2 cm³/mol. The van der Waals surface area contributed by atoms with Crippen LogP contribution in [0, 0.1) is 5.92 Å². The van der Waals surface area contributed by atoms with Crippen LogP contribution in [0.25, 0.3) is 11.3 Å². The van der Waals surface area contributed by atoms with E-state index in [2.05, 4.69) is 21.6 Å². The van der Waals surface area contributed by atoms with Crippen LogP contribution in [0.4, 0.5) is 0 Å². The van der Waals surface area contributed by atoms with Gasteiger partial charge < -0.3 is 15.2 Å². The van der Waals surface area contributed by atoms with Crippen molar-refractivity contribution >= 4 is 5.91 Å². The molecule has 132 valence electrons. The summed E-state index contributed by atoms with van der Waals surface area (Å²) in [7, 11) is 0. The van der Waals surface area contributed by atoms with Gasteiger partial charge >= 0.3 is 0 Å². The lowest BCUT2D eigenvalue weighted by Gasteiger charge is -2.25. The zero-order valence-corrected chi connectivity index (χ0v) is 14.1. The van der Waals surface area contributed by atoms with E-state index in [1.54, 1.807) is 30.3 Å². The molecule has 1 aliphatic heterocycles. The summed E-state index contributed by atoms with van der Waals surface area (Å²) in [5.41, 5.74) is 3.07. The first-order valence-electron chi connectivity index (χ1n) is 8.53. The minimum Gasteiger partial charge on any atom is -0.508 e. The molecule has 3 N–H and O–H groups in total. The van der Waals surface area contributed by atoms with Crippen LogP contribution in [0.1, 0.15) is 16.1 Å². The first kappa shape index (κ1) is 16.2. The minimum absolute atomic E-state index is 0.193. The quantitative estimate of drug-likeness (QED) is 0.676. The molecule has 0 unspecified atom stereocenters. The molecular weight excluding hydrogens is 330 g/mol. The van der Waals surface area contributed by atoms with Gasteiger partial charge in [-0.05, 0) is 48.4 Å². The number of nitrogens with one attached hydrogen (secondary N) is 2. The van der Waals surface area contributed by atoms with E-state index >= 15 is 0 Å². The number of aromatic hydroxyl groups is 1. The summed E-state index contributed by atoms with van der Waals surface area (Å²) in [4.78, 5) is 12.4. The second-order valence-corrected chi connectivity index (χ2v) is 6.41. The molecular formula is C20H19N3O3. The second kappa shape index (κ2) is 6.92. The number of fused-ring (bicyclic) bond motifs is 1. The Balaban J connectivity index is 1.36. The average molecular weight is 349 g/mol. The van der Waals surface area contributed by atoms with Crippen LogP contribution >= 0.6 is 0 Å². The summed E-state index contributed by atoms with van der Waals surface area (Å²) >= 11 is 0. The highest BCUT2D eigenvalue weighted by atomic mass is 16.5. The number of ether oxygens (including phenoxy) is 1. The number of hydrogen-bond acceptors (Lipinski definition) is 4. The predicted octanol–water partition coefficient (Wildman–Crippen LogP) is 2.76. The first-order chi connectivity index (χ1) is 12.7. The molecule has 0 fully saturated rings. The van der Waals surface area contributed by atoms with Crippen molar-refractivity contribution in [1.29, 1.82) is 0 Å². The topological polar surface area (TPSA) is 87.2 Å². The van der Waals surface area contributed by atoms with Crippen molar-refractivity contribution in [2.24, 2.45) is 5.92 Å². The maximum atomic E-state index is 12.4. The van der Waals surface area contributed by atoms with Gasteiger partial charge in [0.25, 0.3) is 5.91 Å². The van der Waals surface area contributed by atoms with Gasteiger partial charge in [0, 0.05) is 18.0 Å². The average Bonchev–Trinajstić information content (AvgIpc) is 3.17. The molecule has 6 heteroatoms. The third kappa shape index (κ3) is 3.39. The molecule has 4 rings (SSSR count). The molecule has 0 bridgehead atoms. The summed E-state index contributed by atoms with van der Waals surface area (Å²) in [6.07, 6.45) is 0.887. The number of amides is 1. The molecule has 1 atom stereocenters. The smallest absolute Gasteiger partial charge is 0.269 e. The van der Waals surface area contributed by atoms with Crippen molar-refractivity contribution in [3.05, 3.63) is 65.9 Å². The number of aromatic nitrogens is 2. The van der Waals surface area contributed by atoms with Crippen molar-refractivity contribution in [2.45, 2.75) is 6.42 Å². The van der Waals surface area contributed by atoms with E-state index < -0.39 is 0 Å². The molecule has 26 heavy (non-hydrogen) atoms. The summed E-state index contributed by atoms with van der Waals surface area (Å²) < 4.78 is 5.75. The van der Waals surface area contributed by atoms with Crippen molar-refractivity contribution in [3.8, 4) is 22.8 Å². The molecule has 1 aliphatic rings. The van der Waals surface area contributed by atoms with Crippen LogP contribution < -0.4 is 10.1 Å². The normalized spacial score (nSPS) is 15.8. The van der Waals surface area contributed by atoms with Gasteiger partial charge in [0.1, 0.15) is 17.2 Å². The standard InChI is InChI=1S/C20H19N3O3/c24-16-7-5-14(6-8-16)17-10-18(23-22-17)20(25)21-11-13-9-15-3-1-2-4-19(15)26-12-13/h1-8,10,13,24H,9,11-12H2,(H,21,25)(H,22,23)/t13-/m0/s1. The molecule has 1 amide bonds. The number of phenols is 1. The van der Waals surface area contributed by atoms with Crippen LogP contribution in [-0.4, -0.2) is 34.4 Å². The zero-order valence-electron chi connectivity index (χ0n) is 14.1. The fourth-order valence-corrected chi connectivity index (χ4v) is 3.07. The van der Waals surface area contributed by atoms with Crippen molar-refractivity contribution in [1.82, 2.24) is 15.5 Å². The Morgan fingerprint density at radius 2 is 2.04 bits per heavy atom. The van der Waals surface area contributed by atoms with E-state index in [9.17, 15) is 9.90 Å². The molecule has 0 spiro atoms. The van der Waals surface area contributed by atoms with E-state index in [0.29, 0.717) is 24.5 Å². The largest absolute Gasteiger partial charge is 0.508 e. The number of carbonyl (C=O) groups excluding carboxylic acids is 1. The molecule has 6 nitrogen and oxygen atoms in total. The van der Waals surface area contributed by atoms with Crippen LogP contribution in [0.2, 0.25) is 0 Å². The van der Waals surface area contributed by atoms with Crippen LogP contribution in [0.5, 0.6) is 11.5 Å². The molecule has 3 aromatic rings. The molecule has 2 heterocycles. The first-order valence-corrected chi connectivity index (χ1v) is 8.53. The molecule has 1 aromatic heterocycles. The van der Waals surface area contributed by atoms with Crippen LogP contribution in [0.15, 0.2) is 54.6 Å². The van der Waals surface area contributed by atoms with Gasteiger partial charge in [-0.25, -0.2) is 0 Å². The fraction of sp³-hybridized carbons (Fsp3) is 0.200. The highest BCUT2D eigenvalue weighted by Crippen LogP contribution is 2.26. The summed E-state index contributed by atoms with van der Waals surface area (Å²) in [6.45, 7) is 1.14. The Morgan fingerprint density at radius 1 is 1.23 bits per heavy atom. The van der Waals surface area contributed by atoms with Gasteiger partial charge in [-0.3, -0.25) is 9.89 Å². The lowest BCUT2D eigenvalue weighted by atomic mass is 9.97. The molecule has 0 aliphatic carbocycles. The summed E-state index contributed by atoms with van der Waals surface area (Å²) in [5.74, 6) is 1.18. The third-order valence-electron chi connectivity index (χ3n) is 4.49. The van der Waals surface area contributed by atoms with Crippen molar-refractivity contribution in [2.75, 3.05) is 13.2 Å². The van der Waals surface area contributed by atoms with Crippen LogP contribution in [-0.2, 0) is 6.42 Å². The van der Waals surface area contributed by atoms with E-state index in [4.69, 9.17) is 4.74 Å². The van der Waals surface area contributed by atoms with E-state index in [-0.39, 0.29) is 17.6 Å². The number of aromatic amines is 1. The maximum Gasteiger partial charge on any atom is 0.269 e. The number of H-pyrrole nitrogens is 1. The number of phenolic OH excluding ortho intramolecular Hbond substituents is 1. The van der Waals surface area contributed by atoms with Gasteiger partial charge in [-0.2, -0.15) is 5.10 Å². The van der Waals surface area contributed by atoms with Gasteiger partial charge in [0.05, 0.1) is 12.3 Å². The number of hydrogen-bond donors (Lipinski definition) is 3. The Labute approximate surface area is 150 Å². The Hall–Kier alpha value is -3.28. The van der Waals surface area contributed by atoms with E-state index in [1.807, 2.05) is 18.2 Å². The Bertz CT molecular complexity index is 918. The van der Waals surface area contributed by atoms with Gasteiger partial charge in [0.15, 0.2) is 0 Å². The SMILES string of the molecule is O=C(NC[C@H]1COc2ccccc2C1)c1cc(-c2ccc(O)cc2)n[nH]1. The monoisotopic (exact) mass is 349 g/mol. The number of benzene rings is 2. The van der Waals surface area contributed by atoms with Gasteiger partial charge in [-0.1, -0.05) is 18.2 Å². The summed E-state index contributed by atoms with van der Waals surface area (Å²) in [6, 6.07) is 16.4. The highest BCUT2D eigenvalue weighted by molar-refractivity contribution is 5.93. The number of para-hydroxylation sites is 1. The molecule has 2 aromatic carbocycles. The van der Waals surface area contributed by atoms with Crippen molar-refractivity contribution < 1.29 is 14.6 Å². The third-order valence-corrected chi connectivity index (χ3v) is 4.49. The van der Waals surface area contributed by atoms with Crippen LogP contribution in [0.3, 0.4) is 0 Å².